The number of fused-ring (bicyclic) bond motifs is 2. The number of likely N-dealkylation sites (N-methyl/N-ethyl adjacent to an activating group) is 1. The lowest BCUT2D eigenvalue weighted by atomic mass is 9.96. The van der Waals surface area contributed by atoms with Crippen LogP contribution in [-0.4, -0.2) is 85.4 Å². The molecule has 1 aromatic heterocycles. The van der Waals surface area contributed by atoms with Crippen molar-refractivity contribution in [3.05, 3.63) is 58.8 Å². The highest BCUT2D eigenvalue weighted by Gasteiger charge is 2.33. The van der Waals surface area contributed by atoms with Crippen molar-refractivity contribution in [3.8, 4) is 11.9 Å². The molecule has 1 atom stereocenters. The Morgan fingerprint density at radius 1 is 1.05 bits per heavy atom. The van der Waals surface area contributed by atoms with E-state index in [0.717, 1.165) is 49.3 Å². The van der Waals surface area contributed by atoms with Crippen molar-refractivity contribution >= 4 is 28.2 Å². The minimum atomic E-state index is -0.541. The van der Waals surface area contributed by atoms with Crippen molar-refractivity contribution in [1.29, 1.82) is 5.26 Å². The van der Waals surface area contributed by atoms with Gasteiger partial charge in [-0.25, -0.2) is 9.78 Å². The minimum absolute atomic E-state index is 0.292. The Hall–Kier alpha value is -4.03. The molecule has 1 amide bonds. The van der Waals surface area contributed by atoms with Gasteiger partial charge in [-0.15, -0.1) is 0 Å². The molecule has 232 valence electrons. The van der Waals surface area contributed by atoms with Crippen molar-refractivity contribution < 1.29 is 14.3 Å². The molecule has 0 radical (unpaired) electrons. The van der Waals surface area contributed by atoms with E-state index < -0.39 is 5.60 Å². The van der Waals surface area contributed by atoms with Gasteiger partial charge in [0, 0.05) is 55.4 Å². The summed E-state index contributed by atoms with van der Waals surface area (Å²) in [4.78, 5) is 26.6. The third-order valence-corrected chi connectivity index (χ3v) is 9.17. The van der Waals surface area contributed by atoms with E-state index in [2.05, 4.69) is 71.1 Å². The summed E-state index contributed by atoms with van der Waals surface area (Å²) in [5.41, 5.74) is 5.42. The van der Waals surface area contributed by atoms with Gasteiger partial charge in [-0.3, -0.25) is 0 Å². The van der Waals surface area contributed by atoms with Crippen LogP contribution in [-0.2, 0) is 17.7 Å². The number of ether oxygens (including phenoxy) is 2. The topological polar surface area (TPSA) is 85.2 Å². The fraction of sp³-hybridized carbons (Fsp3) is 0.514. The van der Waals surface area contributed by atoms with Gasteiger partial charge >= 0.3 is 6.09 Å². The molecule has 3 aliphatic rings. The van der Waals surface area contributed by atoms with E-state index >= 15 is 0 Å². The Morgan fingerprint density at radius 3 is 2.48 bits per heavy atom. The van der Waals surface area contributed by atoms with Crippen LogP contribution in [0, 0.1) is 18.3 Å². The van der Waals surface area contributed by atoms with E-state index in [9.17, 15) is 10.1 Å². The van der Waals surface area contributed by atoms with E-state index in [0.29, 0.717) is 56.8 Å². The molecule has 2 fully saturated rings. The van der Waals surface area contributed by atoms with Crippen LogP contribution >= 0.6 is 0 Å². The number of nitrogens with zero attached hydrogens (tertiary/aromatic N) is 6. The number of hydrogen-bond donors (Lipinski definition) is 0. The second-order valence-electron chi connectivity index (χ2n) is 13.3. The number of carbonyl (C=O) groups excluding carboxylic acids is 1. The number of nitriles is 1. The zero-order chi connectivity index (χ0) is 31.0. The zero-order valence-electron chi connectivity index (χ0n) is 26.7. The van der Waals surface area contributed by atoms with Crippen molar-refractivity contribution in [2.45, 2.75) is 65.1 Å². The van der Waals surface area contributed by atoms with Gasteiger partial charge in [0.15, 0.2) is 0 Å². The molecule has 4 heterocycles. The van der Waals surface area contributed by atoms with Gasteiger partial charge in [-0.1, -0.05) is 30.3 Å². The number of anilines is 2. The van der Waals surface area contributed by atoms with Crippen molar-refractivity contribution in [2.75, 3.05) is 62.7 Å². The molecule has 0 aliphatic carbocycles. The number of aromatic nitrogens is 1. The Bertz CT molecular complexity index is 1580. The number of rotatable bonds is 5. The molecule has 3 aliphatic heterocycles. The van der Waals surface area contributed by atoms with Gasteiger partial charge in [-0.05, 0) is 77.6 Å². The summed E-state index contributed by atoms with van der Waals surface area (Å²) in [5.74, 6) is 0.423. The smallest absolute Gasteiger partial charge is 0.410 e. The molecule has 9 nitrogen and oxygen atoms in total. The summed E-state index contributed by atoms with van der Waals surface area (Å²) >= 11 is 0. The summed E-state index contributed by atoms with van der Waals surface area (Å²) in [7, 11) is 2.13. The first kappa shape index (κ1) is 30.0. The van der Waals surface area contributed by atoms with Crippen LogP contribution in [0.15, 0.2) is 36.4 Å². The fourth-order valence-electron chi connectivity index (χ4n) is 6.87. The first-order valence-corrected chi connectivity index (χ1v) is 15.9. The highest BCUT2D eigenvalue weighted by molar-refractivity contribution is 5.97. The van der Waals surface area contributed by atoms with Crippen LogP contribution < -0.4 is 14.5 Å². The van der Waals surface area contributed by atoms with Crippen LogP contribution in [0.4, 0.5) is 16.2 Å². The molecule has 44 heavy (non-hydrogen) atoms. The molecule has 2 aromatic carbocycles. The first-order valence-electron chi connectivity index (χ1n) is 15.9. The number of benzene rings is 2. The van der Waals surface area contributed by atoms with Crippen LogP contribution in [0.5, 0.6) is 5.88 Å². The highest BCUT2D eigenvalue weighted by atomic mass is 16.6. The number of amides is 1. The maximum absolute atomic E-state index is 12.8. The number of hydrogen-bond acceptors (Lipinski definition) is 8. The summed E-state index contributed by atoms with van der Waals surface area (Å²) in [6.07, 6.45) is 2.71. The van der Waals surface area contributed by atoms with E-state index in [1.807, 2.05) is 20.8 Å². The highest BCUT2D eigenvalue weighted by Crippen LogP contribution is 2.39. The predicted molar refractivity (Wildman–Crippen MR) is 174 cm³/mol. The second-order valence-corrected chi connectivity index (χ2v) is 13.3. The summed E-state index contributed by atoms with van der Waals surface area (Å²) in [6.45, 7) is 13.1. The lowest BCUT2D eigenvalue weighted by Gasteiger charge is -2.40. The molecule has 6 rings (SSSR count). The summed E-state index contributed by atoms with van der Waals surface area (Å²) in [5, 5.41) is 13.0. The molecule has 0 N–H and O–H groups in total. The lowest BCUT2D eigenvalue weighted by molar-refractivity contribution is 0.0240. The number of likely N-dealkylation sites (tertiary alicyclic amines) is 1. The quantitative estimate of drug-likeness (QED) is 0.382. The maximum Gasteiger partial charge on any atom is 0.410 e. The standard InChI is InChI=1S/C35H44N6O3/c1-24-9-6-10-25-11-7-13-30(31(24)25)41-16-14-27-29(22-41)37-33(43-23-26-12-8-15-38(26)5)28(21-36)32(27)39-17-19-40(20-18-39)34(42)44-35(2,3)4/h6-7,9-11,13,26H,8,12,14-20,22-23H2,1-5H3. The van der Waals surface area contributed by atoms with Crippen molar-refractivity contribution in [2.24, 2.45) is 0 Å². The first-order chi connectivity index (χ1) is 21.1. The van der Waals surface area contributed by atoms with Crippen molar-refractivity contribution in [3.63, 3.8) is 0 Å². The average molecular weight is 597 g/mol. The van der Waals surface area contributed by atoms with Gasteiger partial charge in [0.1, 0.15) is 23.8 Å². The number of pyridine rings is 1. The van der Waals surface area contributed by atoms with Crippen LogP contribution in [0.3, 0.4) is 0 Å². The molecule has 1 unspecified atom stereocenters. The third kappa shape index (κ3) is 6.00. The average Bonchev–Trinajstić information content (AvgIpc) is 3.42. The fourth-order valence-corrected chi connectivity index (χ4v) is 6.87. The second kappa shape index (κ2) is 12.2. The van der Waals surface area contributed by atoms with Gasteiger partial charge in [0.25, 0.3) is 0 Å². The van der Waals surface area contributed by atoms with Crippen LogP contribution in [0.2, 0.25) is 0 Å². The maximum atomic E-state index is 12.8. The Balaban J connectivity index is 1.34. The number of aryl methyl sites for hydroxylation is 1. The Morgan fingerprint density at radius 2 is 1.80 bits per heavy atom. The van der Waals surface area contributed by atoms with Gasteiger partial charge in [0.05, 0.1) is 17.9 Å². The summed E-state index contributed by atoms with van der Waals surface area (Å²) < 4.78 is 12.1. The number of carbonyl (C=O) groups is 1. The molecular formula is C35H44N6O3. The van der Waals surface area contributed by atoms with E-state index in [-0.39, 0.29) is 6.09 Å². The number of piperazine rings is 1. The summed E-state index contributed by atoms with van der Waals surface area (Å²) in [6, 6.07) is 15.7. The molecule has 3 aromatic rings. The molecular weight excluding hydrogens is 552 g/mol. The predicted octanol–water partition coefficient (Wildman–Crippen LogP) is 5.51. The normalized spacial score (nSPS) is 19.2. The molecule has 2 saturated heterocycles. The third-order valence-electron chi connectivity index (χ3n) is 9.17. The van der Waals surface area contributed by atoms with Crippen LogP contribution in [0.1, 0.15) is 56.0 Å². The van der Waals surface area contributed by atoms with E-state index in [1.54, 1.807) is 4.90 Å². The van der Waals surface area contributed by atoms with Gasteiger partial charge in [-0.2, -0.15) is 5.26 Å². The lowest BCUT2D eigenvalue weighted by Crippen LogP contribution is -2.50. The van der Waals surface area contributed by atoms with E-state index in [1.165, 1.54) is 22.0 Å². The molecule has 9 heteroatoms. The van der Waals surface area contributed by atoms with E-state index in [4.69, 9.17) is 14.5 Å². The Kier molecular flexibility index (Phi) is 8.30. The molecule has 0 saturated carbocycles. The zero-order valence-corrected chi connectivity index (χ0v) is 26.7. The van der Waals surface area contributed by atoms with Gasteiger partial charge < -0.3 is 29.1 Å². The Labute approximate surface area is 260 Å². The SMILES string of the molecule is Cc1cccc2cccc(N3CCc4c(nc(OCC5CCCN5C)c(C#N)c4N4CCN(C(=O)OC(C)(C)C)CC4)C3)c12. The largest absolute Gasteiger partial charge is 0.475 e. The van der Waals surface area contributed by atoms with Gasteiger partial charge in [0.2, 0.25) is 5.88 Å². The molecule has 0 spiro atoms. The van der Waals surface area contributed by atoms with Crippen molar-refractivity contribution in [1.82, 2.24) is 14.8 Å². The molecule has 0 bridgehead atoms. The minimum Gasteiger partial charge on any atom is -0.475 e. The monoisotopic (exact) mass is 596 g/mol. The van der Waals surface area contributed by atoms with Crippen LogP contribution in [0.25, 0.3) is 10.8 Å².